The Balaban J connectivity index is -0.0000000450. The smallest absolute Gasteiger partial charge is 0 e. The minimum absolute atomic E-state index is 0. The average Bonchev–Trinajstić information content (AvgIpc) is 0.811. The van der Waals surface area contributed by atoms with E-state index in [0.29, 0.717) is 0 Å². The molecule has 0 unspecified atom stereocenters. The molecule has 0 nitrogen and oxygen atoms in total. The van der Waals surface area contributed by atoms with Crippen molar-refractivity contribution in [1.29, 1.82) is 0 Å². The van der Waals surface area contributed by atoms with Gasteiger partial charge in [0.1, 0.15) is 0 Å². The Morgan fingerprint density at radius 1 is 1.00 bits per heavy atom. The molecule has 0 aromatic heterocycles. The van der Waals surface area contributed by atoms with Gasteiger partial charge in [0.25, 0.3) is 0 Å². The summed E-state index contributed by atoms with van der Waals surface area (Å²) in [5.41, 5.74) is 0. The first-order valence-electron chi connectivity index (χ1n) is 0.567. The fourth-order valence-electron chi connectivity index (χ4n) is 0. The van der Waals surface area contributed by atoms with Crippen LogP contribution >= 0.6 is 17.4 Å². The van der Waals surface area contributed by atoms with Gasteiger partial charge in [0.05, 0.1) is 0 Å². The van der Waals surface area contributed by atoms with Crippen LogP contribution in [0, 0.1) is 113 Å². The van der Waals surface area contributed by atoms with Crippen molar-refractivity contribution in [1.82, 2.24) is 0 Å². The van der Waals surface area contributed by atoms with Crippen LogP contribution in [-0.2, 0) is 0 Å². The molecule has 0 amide bonds. The summed E-state index contributed by atoms with van der Waals surface area (Å²) in [6.07, 6.45) is 0. The Kier molecular flexibility index (Phi) is 36.1. The molecule has 0 fully saturated rings. The summed E-state index contributed by atoms with van der Waals surface area (Å²) in [4.78, 5) is 0. The van der Waals surface area contributed by atoms with Gasteiger partial charge in [0.15, 0.2) is 0 Å². The Morgan fingerprint density at radius 3 is 1.00 bits per heavy atom. The van der Waals surface area contributed by atoms with E-state index >= 15 is 0 Å². The van der Waals surface area contributed by atoms with E-state index in [1.54, 1.807) is 0 Å². The molecule has 32 valence electrons. The van der Waals surface area contributed by atoms with Crippen LogP contribution in [0.2, 0.25) is 0 Å². The summed E-state index contributed by atoms with van der Waals surface area (Å²) in [6, 6.07) is 0. The zero-order valence-corrected chi connectivity index (χ0v) is 15.0. The van der Waals surface area contributed by atoms with Crippen molar-refractivity contribution in [2.75, 3.05) is 0 Å². The normalized spacial score (nSPS) is 4.50. The molecule has 1 radical (unpaired) electrons. The van der Waals surface area contributed by atoms with Crippen molar-refractivity contribution < 1.29 is 113 Å². The molecule has 0 aliphatic rings. The molecule has 0 spiro atoms. The minimum Gasteiger partial charge on any atom is 0 e. The van der Waals surface area contributed by atoms with Crippen LogP contribution in [0.15, 0.2) is 0 Å². The van der Waals surface area contributed by atoms with Gasteiger partial charge in [-0.3, -0.25) is 0 Å². The van der Waals surface area contributed by atoms with E-state index in [2.05, 4.69) is 0 Å². The van der Waals surface area contributed by atoms with E-state index in [1.165, 1.54) is 0 Å². The Morgan fingerprint density at radius 2 is 1.00 bits per heavy atom. The molecule has 0 aromatic rings. The molecule has 0 aromatic carbocycles. The topological polar surface area (TPSA) is 0 Å². The van der Waals surface area contributed by atoms with Gasteiger partial charge in [-0.25, -0.2) is 0 Å². The molecule has 0 aliphatic heterocycles. The Bertz CT molecular complexity index is 15.5. The first-order valence-corrected chi connectivity index (χ1v) is 12.6. The third kappa shape index (κ3) is 23.1. The maximum Gasteiger partial charge on any atom is 0 e. The fraction of sp³-hybridized carbons (Fsp3) is 0. The van der Waals surface area contributed by atoms with Crippen LogP contribution in [0.1, 0.15) is 0 Å². The minimum atomic E-state index is -2.24. The predicted octanol–water partition coefficient (Wildman–Crippen LogP) is 2.07. The summed E-state index contributed by atoms with van der Waals surface area (Å²) in [5.74, 6) is 15.1. The molecule has 0 N–H and O–H groups in total. The maximum atomic E-state index is 5.02. The van der Waals surface area contributed by atoms with Gasteiger partial charge >= 0.3 is 47.3 Å². The van der Waals surface area contributed by atoms with Crippen LogP contribution in [0.25, 0.3) is 0 Å². The fourth-order valence-corrected chi connectivity index (χ4v) is 0. The zero-order valence-electron chi connectivity index (χ0n) is 2.71. The molecular weight excluding hydrogens is 532 g/mol. The van der Waals surface area contributed by atoms with E-state index in [0.717, 1.165) is 0 Å². The predicted molar refractivity (Wildman–Crippen MR) is 17.6 cm³/mol. The first-order chi connectivity index (χ1) is 1.73. The van der Waals surface area contributed by atoms with Gasteiger partial charge in [-0.2, -0.15) is 0 Å². The summed E-state index contributed by atoms with van der Waals surface area (Å²) < 4.78 is 0. The van der Waals surface area contributed by atoms with Crippen LogP contribution in [0.5, 0.6) is 0 Å². The average molecular weight is 532 g/mol. The van der Waals surface area contributed by atoms with Crippen molar-refractivity contribution in [3.05, 3.63) is 0 Å². The molecule has 6 heteroatoms. The van der Waals surface area contributed by atoms with Gasteiger partial charge in [-0.15, -0.1) is 0 Å². The molecule has 0 atom stereocenters. The summed E-state index contributed by atoms with van der Waals surface area (Å²) in [6.45, 7) is 0. The van der Waals surface area contributed by atoms with Crippen molar-refractivity contribution in [2.45, 2.75) is 0 Å². The first kappa shape index (κ1) is 17.2. The van der Waals surface area contributed by atoms with Crippen LogP contribution < -0.4 is 0 Å². The van der Waals surface area contributed by atoms with E-state index in [4.69, 9.17) is 17.4 Å². The Labute approximate surface area is 125 Å². The third-order valence-corrected chi connectivity index (χ3v) is 0. The third-order valence-electron chi connectivity index (χ3n) is 0. The number of hydrogen-bond acceptors (Lipinski definition) is 0. The number of rotatable bonds is 0. The van der Waals surface area contributed by atoms with Crippen molar-refractivity contribution in [2.24, 2.45) is 0 Å². The maximum absolute atomic E-state index is 5.02. The quantitative estimate of drug-likeness (QED) is 0.449. The molecule has 0 bridgehead atoms. The SMILES string of the molecule is [Ce].[Cl][Nd]([Cl])[Cl].[Pr]. The molecule has 0 rings (SSSR count). The number of halogens is 3. The van der Waals surface area contributed by atoms with E-state index in [-0.39, 0.29) is 83.0 Å². The standard InChI is InChI=1S/Ce.3ClH.Nd.Pr/h;3*1H;;/q;;;;+3;/p-3. The largest absolute Gasteiger partial charge is 0 e. The molecule has 0 saturated heterocycles. The second-order valence-electron chi connectivity index (χ2n) is 0.214. The van der Waals surface area contributed by atoms with Crippen LogP contribution in [0.4, 0.5) is 0 Å². The molecule has 0 saturated carbocycles. The molecular formula is CeCl3NdPr. The van der Waals surface area contributed by atoms with Crippen molar-refractivity contribution in [3.63, 3.8) is 0 Å². The van der Waals surface area contributed by atoms with Gasteiger partial charge in [-0.1, -0.05) is 0 Å². The summed E-state index contributed by atoms with van der Waals surface area (Å²) in [7, 11) is 0. The van der Waals surface area contributed by atoms with Gasteiger partial charge in [-0.05, 0) is 0 Å². The van der Waals surface area contributed by atoms with Gasteiger partial charge in [0, 0.05) is 83.0 Å². The summed E-state index contributed by atoms with van der Waals surface area (Å²) in [5, 5.41) is 0. The molecule has 0 aliphatic carbocycles. The Hall–Kier alpha value is 4.96. The summed E-state index contributed by atoms with van der Waals surface area (Å²) >= 11 is -2.24. The van der Waals surface area contributed by atoms with E-state index < -0.39 is 29.9 Å². The van der Waals surface area contributed by atoms with Crippen LogP contribution in [-0.4, -0.2) is 0 Å². The van der Waals surface area contributed by atoms with E-state index in [9.17, 15) is 0 Å². The zero-order chi connectivity index (χ0) is 3.58. The number of hydrogen-bond donors (Lipinski definition) is 0. The van der Waals surface area contributed by atoms with Gasteiger partial charge in [0.2, 0.25) is 0 Å². The monoisotopic (exact) mass is 528 g/mol. The van der Waals surface area contributed by atoms with Crippen molar-refractivity contribution in [3.8, 4) is 0 Å². The van der Waals surface area contributed by atoms with Crippen LogP contribution in [0.3, 0.4) is 0 Å². The second-order valence-corrected chi connectivity index (χ2v) is 14.3. The second kappa shape index (κ2) is 12.6. The van der Waals surface area contributed by atoms with E-state index in [1.807, 2.05) is 0 Å². The molecule has 0 heterocycles. The van der Waals surface area contributed by atoms with Crippen molar-refractivity contribution >= 4 is 17.4 Å². The van der Waals surface area contributed by atoms with Gasteiger partial charge < -0.3 is 0 Å². The molecule has 6 heavy (non-hydrogen) atoms.